The first kappa shape index (κ1) is 15.0. The van der Waals surface area contributed by atoms with E-state index < -0.39 is 0 Å². The Kier molecular flexibility index (Phi) is 7.87. The highest BCUT2D eigenvalue weighted by atomic mass is 16.3. The fourth-order valence-electron chi connectivity index (χ4n) is 2.83. The van der Waals surface area contributed by atoms with Gasteiger partial charge in [0.2, 0.25) is 0 Å². The Hall–Kier alpha value is -0.0800. The van der Waals surface area contributed by atoms with Crippen molar-refractivity contribution < 1.29 is 5.11 Å². The molecule has 0 radical (unpaired) electrons. The number of aliphatic hydroxyl groups is 1. The van der Waals surface area contributed by atoms with Crippen LogP contribution in [0.1, 0.15) is 65.2 Å². The third-order valence-corrected chi connectivity index (χ3v) is 3.78. The van der Waals surface area contributed by atoms with E-state index in [1.165, 1.54) is 44.9 Å². The molecule has 0 bridgehead atoms. The predicted octanol–water partition coefficient (Wildman–Crippen LogP) is 3.34. The summed E-state index contributed by atoms with van der Waals surface area (Å²) in [6.45, 7) is 6.21. The van der Waals surface area contributed by atoms with Gasteiger partial charge < -0.3 is 10.4 Å². The lowest BCUT2D eigenvalue weighted by molar-refractivity contribution is 0.144. The van der Waals surface area contributed by atoms with E-state index in [4.69, 9.17) is 0 Å². The minimum Gasteiger partial charge on any atom is -0.392 e. The maximum Gasteiger partial charge on any atom is 0.0667 e. The molecule has 0 amide bonds. The summed E-state index contributed by atoms with van der Waals surface area (Å²) >= 11 is 0. The average Bonchev–Trinajstić information content (AvgIpc) is 2.19. The van der Waals surface area contributed by atoms with Crippen molar-refractivity contribution in [3.8, 4) is 0 Å². The molecular weight excluding hydrogens is 210 g/mol. The zero-order chi connectivity index (χ0) is 12.5. The molecule has 0 heterocycles. The van der Waals surface area contributed by atoms with Gasteiger partial charge in [-0.15, -0.1) is 0 Å². The molecule has 0 aromatic rings. The summed E-state index contributed by atoms with van der Waals surface area (Å²) in [6.07, 6.45) is 10.6. The van der Waals surface area contributed by atoms with Crippen LogP contribution >= 0.6 is 0 Å². The summed E-state index contributed by atoms with van der Waals surface area (Å²) < 4.78 is 0. The van der Waals surface area contributed by atoms with Gasteiger partial charge in [0.1, 0.15) is 0 Å². The third kappa shape index (κ3) is 7.77. The van der Waals surface area contributed by atoms with E-state index in [2.05, 4.69) is 19.2 Å². The van der Waals surface area contributed by atoms with Crippen molar-refractivity contribution in [3.05, 3.63) is 0 Å². The van der Waals surface area contributed by atoms with Crippen molar-refractivity contribution in [3.63, 3.8) is 0 Å². The van der Waals surface area contributed by atoms with Gasteiger partial charge in [-0.05, 0) is 37.6 Å². The van der Waals surface area contributed by atoms with Crippen LogP contribution in [0.15, 0.2) is 0 Å². The summed E-state index contributed by atoms with van der Waals surface area (Å²) in [5.74, 6) is 1.44. The Morgan fingerprint density at radius 1 is 1.06 bits per heavy atom. The zero-order valence-electron chi connectivity index (χ0n) is 11.8. The molecule has 0 saturated heterocycles. The van der Waals surface area contributed by atoms with Gasteiger partial charge in [-0.1, -0.05) is 46.0 Å². The lowest BCUT2D eigenvalue weighted by Gasteiger charge is -2.21. The van der Waals surface area contributed by atoms with Crippen LogP contribution in [-0.4, -0.2) is 24.3 Å². The molecule has 17 heavy (non-hydrogen) atoms. The maximum atomic E-state index is 9.79. The van der Waals surface area contributed by atoms with Gasteiger partial charge in [-0.2, -0.15) is 0 Å². The van der Waals surface area contributed by atoms with Gasteiger partial charge >= 0.3 is 0 Å². The van der Waals surface area contributed by atoms with Crippen LogP contribution in [0.25, 0.3) is 0 Å². The molecule has 0 spiro atoms. The first-order valence-corrected chi connectivity index (χ1v) is 7.57. The van der Waals surface area contributed by atoms with Gasteiger partial charge in [0.15, 0.2) is 0 Å². The molecule has 0 aromatic heterocycles. The number of rotatable bonds is 6. The van der Waals surface area contributed by atoms with Crippen LogP contribution in [0.2, 0.25) is 0 Å². The van der Waals surface area contributed by atoms with Crippen molar-refractivity contribution in [1.29, 1.82) is 0 Å². The van der Waals surface area contributed by atoms with Crippen LogP contribution in [-0.2, 0) is 0 Å². The highest BCUT2D eigenvalue weighted by Crippen LogP contribution is 2.21. The van der Waals surface area contributed by atoms with Gasteiger partial charge in [0, 0.05) is 6.54 Å². The number of hydrogen-bond acceptors (Lipinski definition) is 2. The Labute approximate surface area is 107 Å². The molecule has 0 aliphatic heterocycles. The smallest absolute Gasteiger partial charge is 0.0667 e. The lowest BCUT2D eigenvalue weighted by atomic mass is 9.91. The molecule has 1 rings (SSSR count). The molecule has 1 aliphatic carbocycles. The second-order valence-electron chi connectivity index (χ2n) is 6.15. The summed E-state index contributed by atoms with van der Waals surface area (Å²) in [5, 5.41) is 13.2. The zero-order valence-corrected chi connectivity index (χ0v) is 11.8. The standard InChI is InChI=1S/C15H31NO/c1-13(2)10-15(17)12-16-11-14-8-6-4-3-5-7-9-14/h13-17H,3-12H2,1-2H3. The quantitative estimate of drug-likeness (QED) is 0.747. The summed E-state index contributed by atoms with van der Waals surface area (Å²) in [4.78, 5) is 0. The topological polar surface area (TPSA) is 32.3 Å². The second-order valence-corrected chi connectivity index (χ2v) is 6.15. The molecule has 1 saturated carbocycles. The Bertz CT molecular complexity index is 174. The van der Waals surface area contributed by atoms with Crippen LogP contribution in [0.4, 0.5) is 0 Å². The Balaban J connectivity index is 2.07. The second kappa shape index (κ2) is 8.93. The molecule has 1 atom stereocenters. The highest BCUT2D eigenvalue weighted by molar-refractivity contribution is 4.68. The van der Waals surface area contributed by atoms with Gasteiger partial charge in [0.25, 0.3) is 0 Å². The molecule has 1 aliphatic rings. The first-order chi connectivity index (χ1) is 8.18. The van der Waals surface area contributed by atoms with Crippen LogP contribution < -0.4 is 5.32 Å². The number of nitrogens with one attached hydrogen (secondary N) is 1. The number of hydrogen-bond donors (Lipinski definition) is 2. The number of aliphatic hydroxyl groups excluding tert-OH is 1. The maximum absolute atomic E-state index is 9.79. The van der Waals surface area contributed by atoms with Crippen molar-refractivity contribution in [2.75, 3.05) is 13.1 Å². The van der Waals surface area contributed by atoms with Crippen molar-refractivity contribution in [2.24, 2.45) is 11.8 Å². The van der Waals surface area contributed by atoms with E-state index in [-0.39, 0.29) is 6.10 Å². The average molecular weight is 241 g/mol. The van der Waals surface area contributed by atoms with Gasteiger partial charge in [-0.3, -0.25) is 0 Å². The van der Waals surface area contributed by atoms with E-state index in [1.54, 1.807) is 0 Å². The monoisotopic (exact) mass is 241 g/mol. The SMILES string of the molecule is CC(C)CC(O)CNCC1CCCCCCC1. The van der Waals surface area contributed by atoms with E-state index in [1.807, 2.05) is 0 Å². The van der Waals surface area contributed by atoms with Crippen molar-refractivity contribution in [1.82, 2.24) is 5.32 Å². The fraction of sp³-hybridized carbons (Fsp3) is 1.00. The van der Waals surface area contributed by atoms with E-state index in [0.29, 0.717) is 5.92 Å². The Morgan fingerprint density at radius 2 is 1.65 bits per heavy atom. The van der Waals surface area contributed by atoms with Crippen molar-refractivity contribution >= 4 is 0 Å². The summed E-state index contributed by atoms with van der Waals surface area (Å²) in [7, 11) is 0. The minimum atomic E-state index is -0.163. The molecule has 2 nitrogen and oxygen atoms in total. The van der Waals surface area contributed by atoms with Crippen molar-refractivity contribution in [2.45, 2.75) is 71.3 Å². The minimum absolute atomic E-state index is 0.163. The third-order valence-electron chi connectivity index (χ3n) is 3.78. The summed E-state index contributed by atoms with van der Waals surface area (Å²) in [5.41, 5.74) is 0. The predicted molar refractivity (Wildman–Crippen MR) is 74.1 cm³/mol. The van der Waals surface area contributed by atoms with Crippen LogP contribution in [0.5, 0.6) is 0 Å². The molecule has 1 unspecified atom stereocenters. The van der Waals surface area contributed by atoms with E-state index in [9.17, 15) is 5.11 Å². The summed E-state index contributed by atoms with van der Waals surface area (Å²) in [6, 6.07) is 0. The van der Waals surface area contributed by atoms with Gasteiger partial charge in [0.05, 0.1) is 6.10 Å². The highest BCUT2D eigenvalue weighted by Gasteiger charge is 2.12. The molecule has 2 heteroatoms. The normalized spacial score (nSPS) is 21.2. The largest absolute Gasteiger partial charge is 0.392 e. The lowest BCUT2D eigenvalue weighted by Crippen LogP contribution is -2.32. The van der Waals surface area contributed by atoms with E-state index in [0.717, 1.165) is 25.4 Å². The van der Waals surface area contributed by atoms with Crippen LogP contribution in [0.3, 0.4) is 0 Å². The van der Waals surface area contributed by atoms with Gasteiger partial charge in [-0.25, -0.2) is 0 Å². The fourth-order valence-corrected chi connectivity index (χ4v) is 2.83. The Morgan fingerprint density at radius 3 is 2.24 bits per heavy atom. The molecule has 0 aromatic carbocycles. The molecule has 2 N–H and O–H groups in total. The molecule has 1 fully saturated rings. The van der Waals surface area contributed by atoms with Crippen LogP contribution in [0, 0.1) is 11.8 Å². The molecular formula is C15H31NO. The van der Waals surface area contributed by atoms with E-state index >= 15 is 0 Å². The first-order valence-electron chi connectivity index (χ1n) is 7.57. The molecule has 102 valence electrons.